The first-order valence-corrected chi connectivity index (χ1v) is 11.4. The van der Waals surface area contributed by atoms with Crippen molar-refractivity contribution in [3.8, 4) is 11.3 Å². The standard InChI is InChI=1S/C31H22N2/c1-31(2,3)26-18-20(17-19-9-4-5-10-21(19)26)28-30-25(15-16-32-28)24-13-8-12-23-22-11-6-7-14-27(22)33(30)29(23)24/h4-5,7-10,12-18H,1-3H3. The van der Waals surface area contributed by atoms with E-state index in [1.165, 1.54) is 38.0 Å². The Morgan fingerprint density at radius 1 is 0.788 bits per heavy atom. The maximum absolute atomic E-state index is 4.97. The minimum Gasteiger partial charge on any atom is -0.305 e. The predicted molar refractivity (Wildman–Crippen MR) is 138 cm³/mol. The molecular weight excluding hydrogens is 400 g/mol. The van der Waals surface area contributed by atoms with Crippen molar-refractivity contribution in [2.75, 3.05) is 0 Å². The molecule has 4 aromatic carbocycles. The van der Waals surface area contributed by atoms with Gasteiger partial charge < -0.3 is 4.40 Å². The highest BCUT2D eigenvalue weighted by Gasteiger charge is 2.22. The van der Waals surface area contributed by atoms with Gasteiger partial charge in [0.25, 0.3) is 0 Å². The predicted octanol–water partition coefficient (Wildman–Crippen LogP) is 7.95. The van der Waals surface area contributed by atoms with Crippen molar-refractivity contribution < 1.29 is 0 Å². The number of rotatable bonds is 1. The normalized spacial score (nSPS) is 12.5. The van der Waals surface area contributed by atoms with E-state index in [9.17, 15) is 0 Å². The van der Waals surface area contributed by atoms with Gasteiger partial charge in [0, 0.05) is 27.9 Å². The second-order valence-electron chi connectivity index (χ2n) is 9.95. The Kier molecular flexibility index (Phi) is 3.49. The first-order valence-electron chi connectivity index (χ1n) is 11.4. The molecule has 0 spiro atoms. The van der Waals surface area contributed by atoms with Crippen molar-refractivity contribution >= 4 is 48.9 Å². The number of fused-ring (bicyclic) bond motifs is 7. The maximum Gasteiger partial charge on any atom is 0.0949 e. The second-order valence-corrected chi connectivity index (χ2v) is 9.95. The van der Waals surface area contributed by atoms with Gasteiger partial charge in [-0.2, -0.15) is 0 Å². The lowest BCUT2D eigenvalue weighted by atomic mass is 9.82. The van der Waals surface area contributed by atoms with Crippen LogP contribution in [0, 0.1) is 12.1 Å². The molecule has 7 rings (SSSR count). The molecule has 0 unspecified atom stereocenters. The van der Waals surface area contributed by atoms with Crippen molar-refractivity contribution in [1.29, 1.82) is 0 Å². The van der Waals surface area contributed by atoms with Gasteiger partial charge in [0.15, 0.2) is 0 Å². The third kappa shape index (κ3) is 2.42. The molecular formula is C31H22N2. The van der Waals surface area contributed by atoms with Crippen LogP contribution < -0.4 is 0 Å². The highest BCUT2D eigenvalue weighted by molar-refractivity contribution is 6.24. The van der Waals surface area contributed by atoms with Crippen molar-refractivity contribution in [3.63, 3.8) is 0 Å². The molecule has 33 heavy (non-hydrogen) atoms. The van der Waals surface area contributed by atoms with Gasteiger partial charge in [-0.1, -0.05) is 75.4 Å². The number of para-hydroxylation sites is 1. The molecule has 0 amide bonds. The summed E-state index contributed by atoms with van der Waals surface area (Å²) in [6, 6.07) is 32.6. The molecule has 0 atom stereocenters. The summed E-state index contributed by atoms with van der Waals surface area (Å²) in [6.45, 7) is 6.85. The molecule has 3 aromatic heterocycles. The molecule has 156 valence electrons. The quantitative estimate of drug-likeness (QED) is 0.262. The molecule has 0 N–H and O–H groups in total. The zero-order chi connectivity index (χ0) is 22.3. The summed E-state index contributed by atoms with van der Waals surface area (Å²) in [4.78, 5) is 4.97. The monoisotopic (exact) mass is 422 g/mol. The van der Waals surface area contributed by atoms with E-state index in [4.69, 9.17) is 4.98 Å². The van der Waals surface area contributed by atoms with Crippen LogP contribution in [0.4, 0.5) is 0 Å². The number of pyridine rings is 1. The fourth-order valence-electron chi connectivity index (χ4n) is 5.51. The molecule has 0 saturated heterocycles. The molecule has 0 fully saturated rings. The van der Waals surface area contributed by atoms with Gasteiger partial charge in [-0.25, -0.2) is 0 Å². The van der Waals surface area contributed by atoms with Crippen LogP contribution >= 0.6 is 0 Å². The van der Waals surface area contributed by atoms with E-state index in [0.717, 1.165) is 27.7 Å². The van der Waals surface area contributed by atoms with E-state index in [1.807, 2.05) is 12.3 Å². The minimum atomic E-state index is 0.0226. The van der Waals surface area contributed by atoms with Crippen LogP contribution in [0.3, 0.4) is 0 Å². The number of aromatic nitrogens is 2. The average molecular weight is 423 g/mol. The highest BCUT2D eigenvalue weighted by Crippen LogP contribution is 2.42. The molecule has 0 aliphatic rings. The molecule has 0 saturated carbocycles. The smallest absolute Gasteiger partial charge is 0.0949 e. The van der Waals surface area contributed by atoms with Gasteiger partial charge in [0.2, 0.25) is 0 Å². The van der Waals surface area contributed by atoms with Gasteiger partial charge in [-0.3, -0.25) is 4.98 Å². The Morgan fingerprint density at radius 3 is 2.45 bits per heavy atom. The Balaban J connectivity index is 1.69. The molecule has 0 aliphatic carbocycles. The Hall–Kier alpha value is -4.09. The number of hydrogen-bond acceptors (Lipinski definition) is 1. The molecule has 0 aliphatic heterocycles. The third-order valence-corrected chi connectivity index (χ3v) is 6.93. The summed E-state index contributed by atoms with van der Waals surface area (Å²) in [6.07, 6.45) is 1.95. The lowest BCUT2D eigenvalue weighted by Gasteiger charge is -2.23. The zero-order valence-electron chi connectivity index (χ0n) is 18.9. The second kappa shape index (κ2) is 6.24. The SMILES string of the molecule is CC(C)(C)c1cc(-c2nccc3c4cccc5c6c#cccc6n(c23)c54)cc2ccccc12. The van der Waals surface area contributed by atoms with E-state index in [2.05, 4.69) is 104 Å². The van der Waals surface area contributed by atoms with Crippen LogP contribution in [0.5, 0.6) is 0 Å². The molecule has 3 heterocycles. The van der Waals surface area contributed by atoms with Gasteiger partial charge in [0.05, 0.1) is 27.6 Å². The Morgan fingerprint density at radius 2 is 1.58 bits per heavy atom. The molecule has 0 radical (unpaired) electrons. The lowest BCUT2D eigenvalue weighted by Crippen LogP contribution is -2.12. The number of hydrogen-bond donors (Lipinski definition) is 0. The van der Waals surface area contributed by atoms with Crippen LogP contribution in [-0.4, -0.2) is 9.38 Å². The topological polar surface area (TPSA) is 17.3 Å². The van der Waals surface area contributed by atoms with Crippen molar-refractivity contribution in [3.05, 3.63) is 96.7 Å². The molecule has 0 bridgehead atoms. The highest BCUT2D eigenvalue weighted by atomic mass is 14.9. The summed E-state index contributed by atoms with van der Waals surface area (Å²) >= 11 is 0. The van der Waals surface area contributed by atoms with Gasteiger partial charge in [-0.05, 0) is 52.1 Å². The first kappa shape index (κ1) is 18.5. The fraction of sp³-hybridized carbons (Fsp3) is 0.129. The maximum atomic E-state index is 4.97. The molecule has 7 aromatic rings. The van der Waals surface area contributed by atoms with E-state index < -0.39 is 0 Å². The van der Waals surface area contributed by atoms with Crippen LogP contribution in [0.25, 0.3) is 60.1 Å². The third-order valence-electron chi connectivity index (χ3n) is 6.93. The average Bonchev–Trinajstić information content (AvgIpc) is 3.35. The molecule has 2 nitrogen and oxygen atoms in total. The lowest BCUT2D eigenvalue weighted by molar-refractivity contribution is 0.596. The number of nitrogens with zero attached hydrogens (tertiary/aromatic N) is 2. The van der Waals surface area contributed by atoms with E-state index >= 15 is 0 Å². The largest absolute Gasteiger partial charge is 0.305 e. The summed E-state index contributed by atoms with van der Waals surface area (Å²) in [5.74, 6) is 0. The zero-order valence-corrected chi connectivity index (χ0v) is 18.9. The fourth-order valence-corrected chi connectivity index (χ4v) is 5.51. The van der Waals surface area contributed by atoms with Crippen LogP contribution in [0.1, 0.15) is 26.3 Å². The summed E-state index contributed by atoms with van der Waals surface area (Å²) < 4.78 is 2.38. The van der Waals surface area contributed by atoms with E-state index in [1.54, 1.807) is 0 Å². The van der Waals surface area contributed by atoms with Gasteiger partial charge >= 0.3 is 0 Å². The Labute approximate surface area is 192 Å². The van der Waals surface area contributed by atoms with E-state index in [0.29, 0.717) is 0 Å². The summed E-state index contributed by atoms with van der Waals surface area (Å²) in [5.41, 5.74) is 7.10. The summed E-state index contributed by atoms with van der Waals surface area (Å²) in [5, 5.41) is 7.39. The van der Waals surface area contributed by atoms with Crippen LogP contribution in [-0.2, 0) is 5.41 Å². The summed E-state index contributed by atoms with van der Waals surface area (Å²) in [7, 11) is 0. The van der Waals surface area contributed by atoms with Crippen LogP contribution in [0.15, 0.2) is 79.0 Å². The van der Waals surface area contributed by atoms with Crippen molar-refractivity contribution in [2.45, 2.75) is 26.2 Å². The first-order chi connectivity index (χ1) is 16.0. The minimum absolute atomic E-state index is 0.0226. The van der Waals surface area contributed by atoms with Gasteiger partial charge in [-0.15, -0.1) is 0 Å². The van der Waals surface area contributed by atoms with Crippen molar-refractivity contribution in [1.82, 2.24) is 9.38 Å². The van der Waals surface area contributed by atoms with Crippen LogP contribution in [0.2, 0.25) is 0 Å². The van der Waals surface area contributed by atoms with Gasteiger partial charge in [0.1, 0.15) is 0 Å². The van der Waals surface area contributed by atoms with E-state index in [-0.39, 0.29) is 5.41 Å². The number of benzene rings is 3. The molecule has 2 heteroatoms. The van der Waals surface area contributed by atoms with Crippen molar-refractivity contribution in [2.24, 2.45) is 0 Å². The Bertz CT molecular complexity index is 1850.